The largest absolute Gasteiger partial charge is 0.314 e. The molecule has 2 unspecified atom stereocenters. The van der Waals surface area contributed by atoms with Gasteiger partial charge in [0.25, 0.3) is 0 Å². The van der Waals surface area contributed by atoms with Crippen LogP contribution >= 0.6 is 0 Å². The van der Waals surface area contributed by atoms with Crippen LogP contribution in [0.1, 0.15) is 48.8 Å². The van der Waals surface area contributed by atoms with Crippen molar-refractivity contribution in [1.82, 2.24) is 10.2 Å². The standard InChI is InChI=1S/C18H28N2/c1-3-5-14-8-9-16-15(12-14)6-4-7-17(16)18-13-19-10-11-20(18)2/h8-9,12,17-19H,3-7,10-11,13H2,1-2H3. The van der Waals surface area contributed by atoms with E-state index < -0.39 is 0 Å². The Morgan fingerprint density at radius 2 is 2.25 bits per heavy atom. The fourth-order valence-electron chi connectivity index (χ4n) is 4.03. The SMILES string of the molecule is CCCc1ccc2c(c1)CCCC2C1CNCCN1C. The van der Waals surface area contributed by atoms with Gasteiger partial charge in [0.2, 0.25) is 0 Å². The number of nitrogens with one attached hydrogen (secondary N) is 1. The fraction of sp³-hybridized carbons (Fsp3) is 0.667. The molecule has 0 bridgehead atoms. The minimum atomic E-state index is 0.680. The predicted molar refractivity (Wildman–Crippen MR) is 85.4 cm³/mol. The van der Waals surface area contributed by atoms with Crippen LogP contribution in [-0.4, -0.2) is 37.6 Å². The Hall–Kier alpha value is -0.860. The van der Waals surface area contributed by atoms with E-state index in [2.05, 4.69) is 42.4 Å². The number of rotatable bonds is 3. The zero-order chi connectivity index (χ0) is 13.9. The number of likely N-dealkylation sites (N-methyl/N-ethyl adjacent to an activating group) is 1. The molecule has 1 aromatic rings. The van der Waals surface area contributed by atoms with Gasteiger partial charge >= 0.3 is 0 Å². The van der Waals surface area contributed by atoms with E-state index in [1.807, 2.05) is 0 Å². The molecule has 1 fully saturated rings. The van der Waals surface area contributed by atoms with Crippen LogP contribution in [-0.2, 0) is 12.8 Å². The molecule has 1 aliphatic carbocycles. The molecule has 2 heteroatoms. The van der Waals surface area contributed by atoms with Crippen molar-refractivity contribution in [2.45, 2.75) is 51.0 Å². The molecule has 0 amide bonds. The molecule has 3 rings (SSSR count). The Kier molecular flexibility index (Phi) is 4.42. The number of benzene rings is 1. The molecule has 0 spiro atoms. The lowest BCUT2D eigenvalue weighted by Gasteiger charge is -2.41. The van der Waals surface area contributed by atoms with Crippen LogP contribution in [0.3, 0.4) is 0 Å². The monoisotopic (exact) mass is 272 g/mol. The maximum atomic E-state index is 3.58. The van der Waals surface area contributed by atoms with Gasteiger partial charge in [0.15, 0.2) is 0 Å². The third-order valence-corrected chi connectivity index (χ3v) is 5.13. The van der Waals surface area contributed by atoms with E-state index in [-0.39, 0.29) is 0 Å². The van der Waals surface area contributed by atoms with Crippen LogP contribution in [0.2, 0.25) is 0 Å². The summed E-state index contributed by atoms with van der Waals surface area (Å²) in [7, 11) is 2.30. The summed E-state index contributed by atoms with van der Waals surface area (Å²) in [5, 5.41) is 3.58. The van der Waals surface area contributed by atoms with Gasteiger partial charge in [0.05, 0.1) is 0 Å². The highest BCUT2D eigenvalue weighted by molar-refractivity contribution is 5.37. The van der Waals surface area contributed by atoms with E-state index in [0.717, 1.165) is 19.0 Å². The van der Waals surface area contributed by atoms with E-state index in [4.69, 9.17) is 0 Å². The Morgan fingerprint density at radius 3 is 3.05 bits per heavy atom. The van der Waals surface area contributed by atoms with Gasteiger partial charge in [-0.05, 0) is 49.4 Å². The average Bonchev–Trinajstić information content (AvgIpc) is 2.47. The number of hydrogen-bond donors (Lipinski definition) is 1. The van der Waals surface area contributed by atoms with Gasteiger partial charge in [-0.3, -0.25) is 0 Å². The van der Waals surface area contributed by atoms with Crippen molar-refractivity contribution in [3.05, 3.63) is 34.9 Å². The maximum absolute atomic E-state index is 3.58. The number of nitrogens with zero attached hydrogens (tertiary/aromatic N) is 1. The summed E-state index contributed by atoms with van der Waals surface area (Å²) in [4.78, 5) is 2.57. The molecular formula is C18H28N2. The summed E-state index contributed by atoms with van der Waals surface area (Å²) in [6.07, 6.45) is 6.47. The van der Waals surface area contributed by atoms with Crippen LogP contribution < -0.4 is 5.32 Å². The molecule has 0 aromatic heterocycles. The number of piperazine rings is 1. The van der Waals surface area contributed by atoms with Crippen molar-refractivity contribution in [1.29, 1.82) is 0 Å². The first-order valence-electron chi connectivity index (χ1n) is 8.32. The van der Waals surface area contributed by atoms with Crippen molar-refractivity contribution in [2.75, 3.05) is 26.7 Å². The Balaban J connectivity index is 1.85. The summed E-state index contributed by atoms with van der Waals surface area (Å²) in [5.41, 5.74) is 4.80. The highest BCUT2D eigenvalue weighted by atomic mass is 15.2. The molecule has 2 nitrogen and oxygen atoms in total. The lowest BCUT2D eigenvalue weighted by molar-refractivity contribution is 0.164. The van der Waals surface area contributed by atoms with Gasteiger partial charge in [-0.1, -0.05) is 31.5 Å². The molecule has 1 aromatic carbocycles. The van der Waals surface area contributed by atoms with E-state index >= 15 is 0 Å². The van der Waals surface area contributed by atoms with Crippen molar-refractivity contribution in [3.63, 3.8) is 0 Å². The first-order valence-corrected chi connectivity index (χ1v) is 8.32. The highest BCUT2D eigenvalue weighted by Crippen LogP contribution is 2.36. The molecular weight excluding hydrogens is 244 g/mol. The van der Waals surface area contributed by atoms with E-state index in [1.54, 1.807) is 11.1 Å². The van der Waals surface area contributed by atoms with Crippen molar-refractivity contribution in [3.8, 4) is 0 Å². The van der Waals surface area contributed by atoms with E-state index in [9.17, 15) is 0 Å². The van der Waals surface area contributed by atoms with E-state index in [0.29, 0.717) is 6.04 Å². The minimum absolute atomic E-state index is 0.680. The molecule has 1 aliphatic heterocycles. The first kappa shape index (κ1) is 14.1. The molecule has 1 saturated heterocycles. The molecule has 2 aliphatic rings. The lowest BCUT2D eigenvalue weighted by Crippen LogP contribution is -2.52. The number of aryl methyl sites for hydroxylation is 2. The number of hydrogen-bond acceptors (Lipinski definition) is 2. The lowest BCUT2D eigenvalue weighted by atomic mass is 9.77. The molecule has 1 heterocycles. The zero-order valence-corrected chi connectivity index (χ0v) is 13.0. The fourth-order valence-corrected chi connectivity index (χ4v) is 4.03. The topological polar surface area (TPSA) is 15.3 Å². The van der Waals surface area contributed by atoms with Crippen LogP contribution in [0.25, 0.3) is 0 Å². The second-order valence-corrected chi connectivity index (χ2v) is 6.53. The van der Waals surface area contributed by atoms with Gasteiger partial charge in [-0.25, -0.2) is 0 Å². The smallest absolute Gasteiger partial charge is 0.0286 e. The Labute approximate surface area is 123 Å². The van der Waals surface area contributed by atoms with Crippen LogP contribution in [0.4, 0.5) is 0 Å². The number of fused-ring (bicyclic) bond motifs is 1. The highest BCUT2D eigenvalue weighted by Gasteiger charge is 2.31. The van der Waals surface area contributed by atoms with Crippen LogP contribution in [0.5, 0.6) is 0 Å². The summed E-state index contributed by atoms with van der Waals surface area (Å²) in [6, 6.07) is 7.98. The molecule has 20 heavy (non-hydrogen) atoms. The molecule has 0 saturated carbocycles. The van der Waals surface area contributed by atoms with Crippen molar-refractivity contribution >= 4 is 0 Å². The maximum Gasteiger partial charge on any atom is 0.0286 e. The van der Waals surface area contributed by atoms with Crippen LogP contribution in [0.15, 0.2) is 18.2 Å². The second kappa shape index (κ2) is 6.28. The molecule has 110 valence electrons. The van der Waals surface area contributed by atoms with Gasteiger partial charge in [0.1, 0.15) is 0 Å². The molecule has 0 radical (unpaired) electrons. The summed E-state index contributed by atoms with van der Waals surface area (Å²) in [5.74, 6) is 0.729. The first-order chi connectivity index (χ1) is 9.79. The normalized spacial score (nSPS) is 27.3. The van der Waals surface area contributed by atoms with Gasteiger partial charge < -0.3 is 10.2 Å². The summed E-state index contributed by atoms with van der Waals surface area (Å²) < 4.78 is 0. The Bertz CT molecular complexity index is 455. The summed E-state index contributed by atoms with van der Waals surface area (Å²) in [6.45, 7) is 5.74. The minimum Gasteiger partial charge on any atom is -0.314 e. The van der Waals surface area contributed by atoms with Gasteiger partial charge in [-0.2, -0.15) is 0 Å². The summed E-state index contributed by atoms with van der Waals surface area (Å²) >= 11 is 0. The second-order valence-electron chi connectivity index (χ2n) is 6.53. The average molecular weight is 272 g/mol. The third kappa shape index (κ3) is 2.77. The Morgan fingerprint density at radius 1 is 1.35 bits per heavy atom. The predicted octanol–water partition coefficient (Wildman–Crippen LogP) is 2.96. The van der Waals surface area contributed by atoms with Gasteiger partial charge in [0, 0.05) is 31.6 Å². The quantitative estimate of drug-likeness (QED) is 0.910. The van der Waals surface area contributed by atoms with Crippen LogP contribution in [0, 0.1) is 0 Å². The van der Waals surface area contributed by atoms with Gasteiger partial charge in [-0.15, -0.1) is 0 Å². The van der Waals surface area contributed by atoms with Crippen molar-refractivity contribution in [2.24, 2.45) is 0 Å². The molecule has 2 atom stereocenters. The van der Waals surface area contributed by atoms with Crippen molar-refractivity contribution < 1.29 is 0 Å². The van der Waals surface area contributed by atoms with E-state index in [1.165, 1.54) is 44.2 Å². The molecule has 1 N–H and O–H groups in total. The third-order valence-electron chi connectivity index (χ3n) is 5.13. The zero-order valence-electron chi connectivity index (χ0n) is 13.0.